The largest absolute Gasteiger partial charge is 0.481 e. The van der Waals surface area contributed by atoms with Gasteiger partial charge in [-0.1, -0.05) is 12.8 Å². The number of piperazine rings is 1. The molecule has 110 valence electrons. The van der Waals surface area contributed by atoms with Gasteiger partial charge >= 0.3 is 5.97 Å². The molecule has 1 aliphatic heterocycles. The number of sulfonamides is 1. The van der Waals surface area contributed by atoms with Crippen molar-refractivity contribution in [2.45, 2.75) is 25.7 Å². The molecule has 0 aromatic heterocycles. The molecule has 0 amide bonds. The molecule has 0 bridgehead atoms. The van der Waals surface area contributed by atoms with Crippen LogP contribution in [0.1, 0.15) is 25.7 Å². The van der Waals surface area contributed by atoms with Gasteiger partial charge in [-0.25, -0.2) is 8.42 Å². The third kappa shape index (κ3) is 3.27. The van der Waals surface area contributed by atoms with Gasteiger partial charge in [0.2, 0.25) is 10.0 Å². The maximum absolute atomic E-state index is 11.5. The number of rotatable bonds is 4. The minimum atomic E-state index is -3.12. The second-order valence-corrected chi connectivity index (χ2v) is 7.71. The summed E-state index contributed by atoms with van der Waals surface area (Å²) in [7, 11) is -3.12. The van der Waals surface area contributed by atoms with Crippen molar-refractivity contribution in [2.24, 2.45) is 5.41 Å². The van der Waals surface area contributed by atoms with Crippen LogP contribution in [0.2, 0.25) is 0 Å². The quantitative estimate of drug-likeness (QED) is 0.801. The third-order valence-corrected chi connectivity index (χ3v) is 5.64. The van der Waals surface area contributed by atoms with Crippen LogP contribution < -0.4 is 0 Å². The van der Waals surface area contributed by atoms with Crippen LogP contribution in [0.4, 0.5) is 0 Å². The number of carboxylic acid groups (broad SMARTS) is 1. The van der Waals surface area contributed by atoms with Gasteiger partial charge in [-0.05, 0) is 12.8 Å². The molecule has 6 nitrogen and oxygen atoms in total. The predicted octanol–water partition coefficient (Wildman–Crippen LogP) is 0.209. The molecule has 0 spiro atoms. The first-order valence-corrected chi connectivity index (χ1v) is 8.59. The van der Waals surface area contributed by atoms with Crippen molar-refractivity contribution < 1.29 is 18.3 Å². The van der Waals surface area contributed by atoms with Crippen molar-refractivity contribution in [3.05, 3.63) is 0 Å². The minimum Gasteiger partial charge on any atom is -0.481 e. The van der Waals surface area contributed by atoms with Crippen LogP contribution in [-0.4, -0.2) is 67.7 Å². The van der Waals surface area contributed by atoms with Crippen molar-refractivity contribution in [1.82, 2.24) is 9.21 Å². The lowest BCUT2D eigenvalue weighted by Gasteiger charge is -2.37. The predicted molar refractivity (Wildman–Crippen MR) is 71.4 cm³/mol. The molecule has 1 saturated heterocycles. The second kappa shape index (κ2) is 5.38. The summed E-state index contributed by atoms with van der Waals surface area (Å²) in [5.41, 5.74) is -0.604. The zero-order valence-electron chi connectivity index (χ0n) is 11.3. The van der Waals surface area contributed by atoms with E-state index in [1.54, 1.807) is 0 Å². The Morgan fingerprint density at radius 1 is 1.16 bits per heavy atom. The zero-order chi connectivity index (χ0) is 14.1. The molecular weight excluding hydrogens is 268 g/mol. The van der Waals surface area contributed by atoms with Crippen LogP contribution in [0.3, 0.4) is 0 Å². The Kier molecular flexibility index (Phi) is 4.17. The van der Waals surface area contributed by atoms with Gasteiger partial charge in [0.05, 0.1) is 11.7 Å². The summed E-state index contributed by atoms with van der Waals surface area (Å²) >= 11 is 0. The second-order valence-electron chi connectivity index (χ2n) is 5.73. The van der Waals surface area contributed by atoms with Crippen LogP contribution in [-0.2, 0) is 14.8 Å². The molecule has 0 atom stereocenters. The molecule has 1 aliphatic carbocycles. The first-order chi connectivity index (χ1) is 8.83. The number of aliphatic carboxylic acids is 1. The molecule has 7 heteroatoms. The first kappa shape index (κ1) is 14.7. The van der Waals surface area contributed by atoms with Gasteiger partial charge in [0.25, 0.3) is 0 Å². The molecule has 1 N–H and O–H groups in total. The van der Waals surface area contributed by atoms with Gasteiger partial charge in [0.15, 0.2) is 0 Å². The number of nitrogens with zero attached hydrogens (tertiary/aromatic N) is 2. The summed E-state index contributed by atoms with van der Waals surface area (Å²) in [4.78, 5) is 13.6. The summed E-state index contributed by atoms with van der Waals surface area (Å²) < 4.78 is 24.3. The minimum absolute atomic E-state index is 0.467. The van der Waals surface area contributed by atoms with Gasteiger partial charge in [-0.3, -0.25) is 9.69 Å². The lowest BCUT2D eigenvalue weighted by Crippen LogP contribution is -2.52. The maximum Gasteiger partial charge on any atom is 0.310 e. The molecule has 0 aromatic carbocycles. The van der Waals surface area contributed by atoms with E-state index in [4.69, 9.17) is 0 Å². The standard InChI is InChI=1S/C12H22N2O4S/c1-19(17,18)14-8-6-13(7-9-14)10-12(11(15)16)4-2-3-5-12/h2-10H2,1H3,(H,15,16). The first-order valence-electron chi connectivity index (χ1n) is 6.74. The average molecular weight is 290 g/mol. The van der Waals surface area contributed by atoms with E-state index in [0.717, 1.165) is 25.7 Å². The zero-order valence-corrected chi connectivity index (χ0v) is 12.2. The van der Waals surface area contributed by atoms with Gasteiger partial charge in [0, 0.05) is 32.7 Å². The Labute approximate surface area is 114 Å². The van der Waals surface area contributed by atoms with E-state index in [0.29, 0.717) is 32.7 Å². The summed E-state index contributed by atoms with van der Waals surface area (Å²) in [6, 6.07) is 0. The highest BCUT2D eigenvalue weighted by Gasteiger charge is 2.43. The molecule has 0 radical (unpaired) electrons. The molecule has 2 fully saturated rings. The Bertz CT molecular complexity index is 435. The Balaban J connectivity index is 1.93. The van der Waals surface area contributed by atoms with E-state index in [9.17, 15) is 18.3 Å². The van der Waals surface area contributed by atoms with Crippen molar-refractivity contribution >= 4 is 16.0 Å². The van der Waals surface area contributed by atoms with E-state index >= 15 is 0 Å². The molecule has 2 aliphatic rings. The summed E-state index contributed by atoms with van der Waals surface area (Å²) in [6.07, 6.45) is 4.67. The van der Waals surface area contributed by atoms with Gasteiger partial charge < -0.3 is 5.11 Å². The van der Waals surface area contributed by atoms with E-state index in [1.807, 2.05) is 0 Å². The highest BCUT2D eigenvalue weighted by atomic mass is 32.2. The normalized spacial score (nSPS) is 25.5. The monoisotopic (exact) mass is 290 g/mol. The summed E-state index contributed by atoms with van der Waals surface area (Å²) in [5.74, 6) is -0.699. The molecular formula is C12H22N2O4S. The van der Waals surface area contributed by atoms with Crippen molar-refractivity contribution in [2.75, 3.05) is 39.0 Å². The molecule has 2 rings (SSSR count). The summed E-state index contributed by atoms with van der Waals surface area (Å²) in [5, 5.41) is 9.44. The Morgan fingerprint density at radius 3 is 2.11 bits per heavy atom. The SMILES string of the molecule is CS(=O)(=O)N1CCN(CC2(C(=O)O)CCCC2)CC1. The average Bonchev–Trinajstić information content (AvgIpc) is 2.78. The fourth-order valence-corrected chi connectivity index (χ4v) is 3.97. The van der Waals surface area contributed by atoms with Crippen molar-refractivity contribution in [3.8, 4) is 0 Å². The highest BCUT2D eigenvalue weighted by Crippen LogP contribution is 2.39. The molecule has 0 unspecified atom stereocenters. The van der Waals surface area contributed by atoms with Crippen LogP contribution >= 0.6 is 0 Å². The van der Waals surface area contributed by atoms with Crippen LogP contribution in [0.15, 0.2) is 0 Å². The Hall–Kier alpha value is -0.660. The van der Waals surface area contributed by atoms with Gasteiger partial charge in [-0.15, -0.1) is 0 Å². The van der Waals surface area contributed by atoms with Crippen LogP contribution in [0, 0.1) is 5.41 Å². The van der Waals surface area contributed by atoms with E-state index in [1.165, 1.54) is 10.6 Å². The molecule has 1 saturated carbocycles. The fourth-order valence-electron chi connectivity index (χ4n) is 3.14. The number of carbonyl (C=O) groups is 1. The molecule has 1 heterocycles. The van der Waals surface area contributed by atoms with E-state index in [-0.39, 0.29) is 0 Å². The Morgan fingerprint density at radius 2 is 1.68 bits per heavy atom. The number of hydrogen-bond donors (Lipinski definition) is 1. The number of hydrogen-bond acceptors (Lipinski definition) is 4. The van der Waals surface area contributed by atoms with Crippen molar-refractivity contribution in [1.29, 1.82) is 0 Å². The van der Waals surface area contributed by atoms with Crippen LogP contribution in [0.25, 0.3) is 0 Å². The summed E-state index contributed by atoms with van der Waals surface area (Å²) in [6.45, 7) is 2.74. The van der Waals surface area contributed by atoms with Crippen LogP contribution in [0.5, 0.6) is 0 Å². The fraction of sp³-hybridized carbons (Fsp3) is 0.917. The number of carboxylic acids is 1. The smallest absolute Gasteiger partial charge is 0.310 e. The van der Waals surface area contributed by atoms with Crippen molar-refractivity contribution in [3.63, 3.8) is 0 Å². The third-order valence-electron chi connectivity index (χ3n) is 4.34. The maximum atomic E-state index is 11.5. The topological polar surface area (TPSA) is 77.9 Å². The van der Waals surface area contributed by atoms with E-state index < -0.39 is 21.4 Å². The van der Waals surface area contributed by atoms with E-state index in [2.05, 4.69) is 4.90 Å². The van der Waals surface area contributed by atoms with Gasteiger partial charge in [0.1, 0.15) is 0 Å². The van der Waals surface area contributed by atoms with Gasteiger partial charge in [-0.2, -0.15) is 4.31 Å². The molecule has 19 heavy (non-hydrogen) atoms. The lowest BCUT2D eigenvalue weighted by molar-refractivity contribution is -0.150. The lowest BCUT2D eigenvalue weighted by atomic mass is 9.85. The highest BCUT2D eigenvalue weighted by molar-refractivity contribution is 7.88. The molecule has 0 aromatic rings.